The van der Waals surface area contributed by atoms with Gasteiger partial charge >= 0.3 is 0 Å². The summed E-state index contributed by atoms with van der Waals surface area (Å²) in [4.78, 5) is 10.5. The van der Waals surface area contributed by atoms with Crippen LogP contribution in [0.3, 0.4) is 0 Å². The van der Waals surface area contributed by atoms with Crippen molar-refractivity contribution in [3.8, 4) is 0 Å². The van der Waals surface area contributed by atoms with E-state index in [-0.39, 0.29) is 0 Å². The van der Waals surface area contributed by atoms with Gasteiger partial charge in [-0.1, -0.05) is 29.3 Å². The van der Waals surface area contributed by atoms with Crippen LogP contribution in [0.4, 0.5) is 0 Å². The Labute approximate surface area is 146 Å². The van der Waals surface area contributed by atoms with E-state index in [1.165, 1.54) is 0 Å². The van der Waals surface area contributed by atoms with Gasteiger partial charge in [0.05, 0.1) is 11.6 Å². The number of hydrogen-bond donors (Lipinski definition) is 1. The standard InChI is InChI=1S/C16H21Cl2N5/c1-19-16(20-7-6-12-4-5-15(18)21-9-12)23(3)11-14-8-13(17)10-22(14)2/h4-5,8-10H,6-7,11H2,1-3H3,(H,19,20). The lowest BCUT2D eigenvalue weighted by atomic mass is 10.2. The molecule has 2 aromatic heterocycles. The summed E-state index contributed by atoms with van der Waals surface area (Å²) in [6, 6.07) is 5.75. The Balaban J connectivity index is 1.87. The van der Waals surface area contributed by atoms with Crippen LogP contribution in [-0.4, -0.2) is 41.1 Å². The molecule has 0 aliphatic carbocycles. The molecule has 0 fully saturated rings. The molecule has 5 nitrogen and oxygen atoms in total. The molecule has 0 aliphatic rings. The quantitative estimate of drug-likeness (QED) is 0.510. The van der Waals surface area contributed by atoms with Crippen LogP contribution in [0.1, 0.15) is 11.3 Å². The monoisotopic (exact) mass is 353 g/mol. The van der Waals surface area contributed by atoms with Crippen molar-refractivity contribution in [1.29, 1.82) is 0 Å². The maximum atomic E-state index is 6.02. The summed E-state index contributed by atoms with van der Waals surface area (Å²) in [5, 5.41) is 4.61. The molecule has 0 radical (unpaired) electrons. The molecule has 2 aromatic rings. The van der Waals surface area contributed by atoms with Crippen molar-refractivity contribution in [1.82, 2.24) is 19.8 Å². The maximum absolute atomic E-state index is 6.02. The molecule has 0 atom stereocenters. The smallest absolute Gasteiger partial charge is 0.193 e. The lowest BCUT2D eigenvalue weighted by molar-refractivity contribution is 0.462. The van der Waals surface area contributed by atoms with Crippen LogP contribution >= 0.6 is 23.2 Å². The molecule has 2 heterocycles. The maximum Gasteiger partial charge on any atom is 0.193 e. The molecule has 0 aromatic carbocycles. The molecule has 0 saturated heterocycles. The van der Waals surface area contributed by atoms with E-state index >= 15 is 0 Å². The van der Waals surface area contributed by atoms with Crippen molar-refractivity contribution in [2.24, 2.45) is 12.0 Å². The van der Waals surface area contributed by atoms with Crippen LogP contribution in [0, 0.1) is 0 Å². The third kappa shape index (κ3) is 5.15. The highest BCUT2D eigenvalue weighted by Gasteiger charge is 2.09. The lowest BCUT2D eigenvalue weighted by Gasteiger charge is -2.22. The van der Waals surface area contributed by atoms with E-state index in [1.807, 2.05) is 37.0 Å². The molecular weight excluding hydrogens is 333 g/mol. The summed E-state index contributed by atoms with van der Waals surface area (Å²) >= 11 is 11.8. The topological polar surface area (TPSA) is 45.5 Å². The van der Waals surface area contributed by atoms with Gasteiger partial charge in [-0.25, -0.2) is 4.98 Å². The first-order valence-electron chi connectivity index (χ1n) is 7.32. The number of aliphatic imine (C=N–C) groups is 1. The van der Waals surface area contributed by atoms with Crippen molar-refractivity contribution in [2.45, 2.75) is 13.0 Å². The van der Waals surface area contributed by atoms with Gasteiger partial charge in [0.15, 0.2) is 5.96 Å². The Morgan fingerprint density at radius 1 is 1.39 bits per heavy atom. The lowest BCUT2D eigenvalue weighted by Crippen LogP contribution is -2.39. The number of pyridine rings is 1. The van der Waals surface area contributed by atoms with E-state index in [4.69, 9.17) is 23.2 Å². The molecule has 1 N–H and O–H groups in total. The summed E-state index contributed by atoms with van der Waals surface area (Å²) in [6.07, 6.45) is 4.55. The number of nitrogens with one attached hydrogen (secondary N) is 1. The minimum atomic E-state index is 0.512. The molecule has 0 amide bonds. The van der Waals surface area contributed by atoms with Gasteiger partial charge in [0, 0.05) is 45.8 Å². The molecule has 0 saturated carbocycles. The summed E-state index contributed by atoms with van der Waals surface area (Å²) in [6.45, 7) is 1.50. The Morgan fingerprint density at radius 2 is 2.17 bits per heavy atom. The Bertz CT molecular complexity index is 664. The highest BCUT2D eigenvalue weighted by atomic mass is 35.5. The molecule has 23 heavy (non-hydrogen) atoms. The van der Waals surface area contributed by atoms with Gasteiger partial charge in [0.1, 0.15) is 5.15 Å². The van der Waals surface area contributed by atoms with Gasteiger partial charge in [0.2, 0.25) is 0 Å². The molecule has 7 heteroatoms. The number of aromatic nitrogens is 2. The average Bonchev–Trinajstić information content (AvgIpc) is 2.83. The average molecular weight is 354 g/mol. The minimum Gasteiger partial charge on any atom is -0.356 e. The van der Waals surface area contributed by atoms with Gasteiger partial charge in [0.25, 0.3) is 0 Å². The second kappa shape index (κ2) is 8.22. The van der Waals surface area contributed by atoms with Crippen molar-refractivity contribution in [3.63, 3.8) is 0 Å². The fourth-order valence-corrected chi connectivity index (χ4v) is 2.68. The molecule has 0 aliphatic heterocycles. The van der Waals surface area contributed by atoms with Gasteiger partial charge < -0.3 is 14.8 Å². The first kappa shape index (κ1) is 17.6. The largest absolute Gasteiger partial charge is 0.356 e. The van der Waals surface area contributed by atoms with E-state index < -0.39 is 0 Å². The van der Waals surface area contributed by atoms with Gasteiger partial charge in [-0.15, -0.1) is 0 Å². The number of nitrogens with zero attached hydrogens (tertiary/aromatic N) is 4. The van der Waals surface area contributed by atoms with E-state index in [0.29, 0.717) is 5.15 Å². The van der Waals surface area contributed by atoms with Crippen molar-refractivity contribution in [3.05, 3.63) is 52.0 Å². The molecule has 0 unspecified atom stereocenters. The van der Waals surface area contributed by atoms with Crippen LogP contribution < -0.4 is 5.32 Å². The Hall–Kier alpha value is -1.72. The molecule has 0 bridgehead atoms. The third-order valence-corrected chi connectivity index (χ3v) is 3.96. The minimum absolute atomic E-state index is 0.512. The van der Waals surface area contributed by atoms with Gasteiger partial charge in [-0.2, -0.15) is 0 Å². The second-order valence-electron chi connectivity index (χ2n) is 5.33. The number of halogens is 2. The number of rotatable bonds is 5. The van der Waals surface area contributed by atoms with E-state index in [9.17, 15) is 0 Å². The number of guanidine groups is 1. The zero-order chi connectivity index (χ0) is 16.8. The van der Waals surface area contributed by atoms with Crippen LogP contribution in [0.5, 0.6) is 0 Å². The van der Waals surface area contributed by atoms with Gasteiger partial charge in [-0.05, 0) is 24.1 Å². The van der Waals surface area contributed by atoms with Crippen LogP contribution in [-0.2, 0) is 20.0 Å². The van der Waals surface area contributed by atoms with Crippen LogP contribution in [0.15, 0.2) is 35.6 Å². The van der Waals surface area contributed by atoms with Crippen molar-refractivity contribution >= 4 is 29.2 Å². The fourth-order valence-electron chi connectivity index (χ4n) is 2.30. The van der Waals surface area contributed by atoms with Gasteiger partial charge in [-0.3, -0.25) is 4.99 Å². The zero-order valence-corrected chi connectivity index (χ0v) is 15.1. The predicted octanol–water partition coefficient (Wildman–Crippen LogP) is 2.98. The third-order valence-electron chi connectivity index (χ3n) is 3.53. The Morgan fingerprint density at radius 3 is 2.74 bits per heavy atom. The SMILES string of the molecule is CN=C(NCCc1ccc(Cl)nc1)N(C)Cc1cc(Cl)cn1C. The summed E-state index contributed by atoms with van der Waals surface area (Å²) < 4.78 is 2.02. The summed E-state index contributed by atoms with van der Waals surface area (Å²) in [7, 11) is 5.76. The summed E-state index contributed by atoms with van der Waals surface area (Å²) in [5.41, 5.74) is 2.26. The molecular formula is C16H21Cl2N5. The molecule has 124 valence electrons. The highest BCUT2D eigenvalue weighted by Crippen LogP contribution is 2.14. The highest BCUT2D eigenvalue weighted by molar-refractivity contribution is 6.30. The van der Waals surface area contributed by atoms with E-state index in [0.717, 1.165) is 41.7 Å². The van der Waals surface area contributed by atoms with Crippen molar-refractivity contribution < 1.29 is 0 Å². The molecule has 0 spiro atoms. The second-order valence-corrected chi connectivity index (χ2v) is 6.15. The summed E-state index contributed by atoms with van der Waals surface area (Å²) in [5.74, 6) is 0.837. The molecule has 2 rings (SSSR count). The van der Waals surface area contributed by atoms with E-state index in [2.05, 4.69) is 20.2 Å². The van der Waals surface area contributed by atoms with Crippen molar-refractivity contribution in [2.75, 3.05) is 20.6 Å². The predicted molar refractivity (Wildman–Crippen MR) is 96.2 cm³/mol. The van der Waals surface area contributed by atoms with E-state index in [1.54, 1.807) is 19.3 Å². The first-order chi connectivity index (χ1) is 11.0. The zero-order valence-electron chi connectivity index (χ0n) is 13.6. The fraction of sp³-hybridized carbons (Fsp3) is 0.375. The number of hydrogen-bond acceptors (Lipinski definition) is 2. The Kier molecular flexibility index (Phi) is 6.30. The first-order valence-corrected chi connectivity index (χ1v) is 8.08. The van der Waals surface area contributed by atoms with Crippen LogP contribution in [0.2, 0.25) is 10.2 Å². The van der Waals surface area contributed by atoms with Crippen LogP contribution in [0.25, 0.3) is 0 Å². The normalized spacial score (nSPS) is 11.6. The number of aryl methyl sites for hydroxylation is 1.